The van der Waals surface area contributed by atoms with Gasteiger partial charge in [-0.1, -0.05) is 122 Å². The molecule has 7 aromatic rings. The Morgan fingerprint density at radius 3 is 1.48 bits per heavy atom. The number of thiazole rings is 1. The lowest BCUT2D eigenvalue weighted by Gasteiger charge is -2.16. The molecular formula is C38H30FNSSi. The fourth-order valence-electron chi connectivity index (χ4n) is 5.45. The van der Waals surface area contributed by atoms with Gasteiger partial charge in [0.2, 0.25) is 0 Å². The van der Waals surface area contributed by atoms with Gasteiger partial charge >= 0.3 is 0 Å². The summed E-state index contributed by atoms with van der Waals surface area (Å²) in [6.45, 7) is 7.15. The van der Waals surface area contributed by atoms with Crippen LogP contribution in [0.25, 0.3) is 64.9 Å². The zero-order valence-corrected chi connectivity index (χ0v) is 25.7. The average Bonchev–Trinajstić information content (AvgIpc) is 3.44. The number of hydrogen-bond donors (Lipinski definition) is 0. The minimum Gasteiger partial charge on any atom is -0.236 e. The van der Waals surface area contributed by atoms with Crippen molar-refractivity contribution in [2.75, 3.05) is 0 Å². The molecule has 1 nitrogen and oxygen atoms in total. The second-order valence-electron chi connectivity index (χ2n) is 11.9. The largest absolute Gasteiger partial charge is 0.236 e. The van der Waals surface area contributed by atoms with E-state index in [1.165, 1.54) is 61.2 Å². The highest BCUT2D eigenvalue weighted by Crippen LogP contribution is 2.33. The summed E-state index contributed by atoms with van der Waals surface area (Å²) in [4.78, 5) is 4.68. The summed E-state index contributed by atoms with van der Waals surface area (Å²) in [5.74, 6) is -0.229. The van der Waals surface area contributed by atoms with Crippen molar-refractivity contribution in [1.29, 1.82) is 0 Å². The van der Waals surface area contributed by atoms with Crippen LogP contribution in [0.5, 0.6) is 0 Å². The van der Waals surface area contributed by atoms with Crippen LogP contribution in [0.3, 0.4) is 0 Å². The Balaban J connectivity index is 1.11. The zero-order chi connectivity index (χ0) is 28.8. The highest BCUT2D eigenvalue weighted by Gasteiger charge is 2.16. The molecule has 6 aromatic carbocycles. The van der Waals surface area contributed by atoms with Gasteiger partial charge in [-0.2, -0.15) is 0 Å². The molecule has 0 unspecified atom stereocenters. The summed E-state index contributed by atoms with van der Waals surface area (Å²) in [7, 11) is -1.29. The Hall–Kier alpha value is -4.38. The molecule has 0 fully saturated rings. The van der Waals surface area contributed by atoms with Gasteiger partial charge in [0.1, 0.15) is 10.8 Å². The number of benzene rings is 6. The molecule has 0 saturated heterocycles. The van der Waals surface area contributed by atoms with Gasteiger partial charge in [-0.25, -0.2) is 9.37 Å². The molecule has 1 aromatic heterocycles. The molecule has 204 valence electrons. The van der Waals surface area contributed by atoms with Gasteiger partial charge in [-0.05, 0) is 74.5 Å². The Kier molecular flexibility index (Phi) is 6.61. The first-order valence-corrected chi connectivity index (χ1v) is 18.5. The third kappa shape index (κ3) is 5.20. The summed E-state index contributed by atoms with van der Waals surface area (Å²) in [5.41, 5.74) is 9.15. The summed E-state index contributed by atoms with van der Waals surface area (Å²) < 4.78 is 14.5. The van der Waals surface area contributed by atoms with Crippen molar-refractivity contribution in [1.82, 2.24) is 4.98 Å². The molecule has 0 aliphatic carbocycles. The molecule has 0 N–H and O–H groups in total. The van der Waals surface area contributed by atoms with Gasteiger partial charge in [-0.15, -0.1) is 11.3 Å². The summed E-state index contributed by atoms with van der Waals surface area (Å²) in [5, 5.41) is 4.83. The normalized spacial score (nSPS) is 11.8. The van der Waals surface area contributed by atoms with Gasteiger partial charge < -0.3 is 0 Å². The predicted molar refractivity (Wildman–Crippen MR) is 182 cm³/mol. The van der Waals surface area contributed by atoms with E-state index in [1.807, 2.05) is 0 Å². The molecule has 42 heavy (non-hydrogen) atoms. The Labute approximate surface area is 251 Å². The number of fused-ring (bicyclic) bond motifs is 2. The van der Waals surface area contributed by atoms with Crippen LogP contribution in [-0.4, -0.2) is 13.1 Å². The van der Waals surface area contributed by atoms with Crippen LogP contribution in [0, 0.1) is 5.82 Å². The van der Waals surface area contributed by atoms with Crippen molar-refractivity contribution < 1.29 is 4.39 Å². The van der Waals surface area contributed by atoms with E-state index in [-0.39, 0.29) is 5.82 Å². The van der Waals surface area contributed by atoms with Gasteiger partial charge in [0.15, 0.2) is 0 Å². The third-order valence-electron chi connectivity index (χ3n) is 7.96. The number of hydrogen-bond acceptors (Lipinski definition) is 2. The van der Waals surface area contributed by atoms with Crippen LogP contribution in [-0.2, 0) is 0 Å². The first-order valence-electron chi connectivity index (χ1n) is 14.2. The Morgan fingerprint density at radius 1 is 0.500 bits per heavy atom. The summed E-state index contributed by atoms with van der Waals surface area (Å²) >= 11 is 1.52. The van der Waals surface area contributed by atoms with Crippen molar-refractivity contribution in [2.24, 2.45) is 0 Å². The smallest absolute Gasteiger partial charge is 0.124 e. The van der Waals surface area contributed by atoms with Crippen LogP contribution >= 0.6 is 11.3 Å². The number of rotatable bonds is 5. The van der Waals surface area contributed by atoms with Crippen molar-refractivity contribution >= 4 is 45.6 Å². The van der Waals surface area contributed by atoms with Crippen molar-refractivity contribution in [3.8, 4) is 44.0 Å². The molecule has 0 amide bonds. The maximum Gasteiger partial charge on any atom is 0.124 e. The molecule has 0 spiro atoms. The second kappa shape index (κ2) is 10.5. The van der Waals surface area contributed by atoms with Crippen molar-refractivity contribution in [3.05, 3.63) is 133 Å². The van der Waals surface area contributed by atoms with E-state index >= 15 is 0 Å². The van der Waals surface area contributed by atoms with E-state index in [9.17, 15) is 4.39 Å². The molecule has 1 heterocycles. The molecule has 7 rings (SSSR count). The zero-order valence-electron chi connectivity index (χ0n) is 23.9. The Bertz CT molecular complexity index is 2050. The number of aromatic nitrogens is 1. The third-order valence-corrected chi connectivity index (χ3v) is 11.1. The minimum absolute atomic E-state index is 0.229. The van der Waals surface area contributed by atoms with Gasteiger partial charge in [0.05, 0.1) is 18.3 Å². The Morgan fingerprint density at radius 2 is 0.952 bits per heavy atom. The predicted octanol–water partition coefficient (Wildman–Crippen LogP) is 10.8. The lowest BCUT2D eigenvalue weighted by atomic mass is 9.96. The fraction of sp³-hybridized carbons (Fsp3) is 0.0789. The van der Waals surface area contributed by atoms with Gasteiger partial charge in [0.25, 0.3) is 0 Å². The number of nitrogens with zero attached hydrogens (tertiary/aromatic N) is 1. The van der Waals surface area contributed by atoms with Crippen LogP contribution in [0.1, 0.15) is 0 Å². The lowest BCUT2D eigenvalue weighted by molar-refractivity contribution is 0.630. The maximum absolute atomic E-state index is 13.6. The monoisotopic (exact) mass is 579 g/mol. The van der Waals surface area contributed by atoms with Crippen molar-refractivity contribution in [2.45, 2.75) is 19.6 Å². The topological polar surface area (TPSA) is 12.9 Å². The standard InChI is InChI=1S/C38H30FNSSi/c1-42(2,3)35-19-16-26(17-20-35)25-4-6-27(7-5-25)30-12-14-33-23-31(13-15-32(33)22-30)28-8-10-29(11-9-28)38-40-36-21-18-34(39)24-37(36)41-38/h4-24H,1-3H3. The highest BCUT2D eigenvalue weighted by molar-refractivity contribution is 7.21. The number of halogens is 1. The minimum atomic E-state index is -1.29. The summed E-state index contributed by atoms with van der Waals surface area (Å²) in [6.07, 6.45) is 0. The molecule has 0 bridgehead atoms. The highest BCUT2D eigenvalue weighted by atomic mass is 32.1. The fourth-order valence-corrected chi connectivity index (χ4v) is 7.61. The van der Waals surface area contributed by atoms with Crippen LogP contribution < -0.4 is 5.19 Å². The van der Waals surface area contributed by atoms with Gasteiger partial charge in [-0.3, -0.25) is 0 Å². The molecular weight excluding hydrogens is 550 g/mol. The molecule has 0 atom stereocenters. The van der Waals surface area contributed by atoms with Crippen LogP contribution in [0.15, 0.2) is 127 Å². The first kappa shape index (κ1) is 26.5. The van der Waals surface area contributed by atoms with Crippen LogP contribution in [0.4, 0.5) is 4.39 Å². The molecule has 4 heteroatoms. The molecule has 0 radical (unpaired) electrons. The lowest BCUT2D eigenvalue weighted by Crippen LogP contribution is -2.37. The first-order chi connectivity index (χ1) is 20.3. The quantitative estimate of drug-likeness (QED) is 0.185. The SMILES string of the molecule is C[Si](C)(C)c1ccc(-c2ccc(-c3ccc4cc(-c5ccc(-c6nc7ccc(F)cc7s6)cc5)ccc4c3)cc2)cc1. The maximum atomic E-state index is 13.6. The van der Waals surface area contributed by atoms with E-state index in [2.05, 4.69) is 134 Å². The second-order valence-corrected chi connectivity index (χ2v) is 18.0. The molecule has 0 aliphatic rings. The van der Waals surface area contributed by atoms with E-state index in [1.54, 1.807) is 12.1 Å². The van der Waals surface area contributed by atoms with Crippen LogP contribution in [0.2, 0.25) is 19.6 Å². The van der Waals surface area contributed by atoms with E-state index in [4.69, 9.17) is 0 Å². The molecule has 0 saturated carbocycles. The van der Waals surface area contributed by atoms with Crippen molar-refractivity contribution in [3.63, 3.8) is 0 Å². The average molecular weight is 580 g/mol. The van der Waals surface area contributed by atoms with E-state index in [0.29, 0.717) is 0 Å². The van der Waals surface area contributed by atoms with Gasteiger partial charge in [0, 0.05) is 5.56 Å². The molecule has 0 aliphatic heterocycles. The van der Waals surface area contributed by atoms with E-state index < -0.39 is 8.07 Å². The van der Waals surface area contributed by atoms with E-state index in [0.717, 1.165) is 26.4 Å². The summed E-state index contributed by atoms with van der Waals surface area (Å²) in [6, 6.07) is 44.6.